The first-order chi connectivity index (χ1) is 13.6. The highest BCUT2D eigenvalue weighted by Gasteiger charge is 2.30. The van der Waals surface area contributed by atoms with Crippen LogP contribution >= 0.6 is 0 Å². The number of rotatable bonds is 3. The van der Waals surface area contributed by atoms with Crippen molar-refractivity contribution in [1.29, 1.82) is 0 Å². The van der Waals surface area contributed by atoms with Gasteiger partial charge in [0.25, 0.3) is 0 Å². The fourth-order valence-electron chi connectivity index (χ4n) is 4.78. The molecule has 3 aliphatic heterocycles. The zero-order chi connectivity index (χ0) is 19.5. The van der Waals surface area contributed by atoms with Gasteiger partial charge in [-0.3, -0.25) is 14.5 Å². The minimum Gasteiger partial charge on any atom is -0.339 e. The topological polar surface area (TPSA) is 74.6 Å². The van der Waals surface area contributed by atoms with E-state index in [2.05, 4.69) is 19.7 Å². The van der Waals surface area contributed by atoms with E-state index in [1.807, 2.05) is 9.80 Å². The molecule has 0 aromatic carbocycles. The molecule has 154 valence electrons. The Morgan fingerprint density at radius 3 is 2.50 bits per heavy atom. The number of piperazine rings is 1. The summed E-state index contributed by atoms with van der Waals surface area (Å²) in [5.74, 6) is 2.92. The average molecular weight is 389 g/mol. The molecule has 2 amide bonds. The van der Waals surface area contributed by atoms with Gasteiger partial charge in [-0.15, -0.1) is 10.2 Å². The summed E-state index contributed by atoms with van der Waals surface area (Å²) in [5.41, 5.74) is 0. The Kier molecular flexibility index (Phi) is 5.94. The van der Waals surface area contributed by atoms with E-state index in [0.29, 0.717) is 38.6 Å². The van der Waals surface area contributed by atoms with E-state index in [-0.39, 0.29) is 11.8 Å². The first-order valence-electron chi connectivity index (χ1n) is 10.8. The molecule has 1 atom stereocenters. The summed E-state index contributed by atoms with van der Waals surface area (Å²) in [7, 11) is 0. The lowest BCUT2D eigenvalue weighted by atomic mass is 9.97. The summed E-state index contributed by atoms with van der Waals surface area (Å²) in [5, 5.41) is 9.00. The molecule has 4 heterocycles. The van der Waals surface area contributed by atoms with Gasteiger partial charge in [0.05, 0.1) is 6.54 Å². The maximum absolute atomic E-state index is 12.8. The second kappa shape index (κ2) is 8.59. The lowest BCUT2D eigenvalue weighted by Gasteiger charge is -2.37. The van der Waals surface area contributed by atoms with E-state index in [4.69, 9.17) is 0 Å². The third kappa shape index (κ3) is 4.21. The molecule has 0 saturated carbocycles. The highest BCUT2D eigenvalue weighted by atomic mass is 16.2. The van der Waals surface area contributed by atoms with Crippen molar-refractivity contribution in [2.45, 2.75) is 57.9 Å². The second-order valence-corrected chi connectivity index (χ2v) is 8.40. The molecule has 0 aliphatic carbocycles. The molecular weight excluding hydrogens is 356 g/mol. The van der Waals surface area contributed by atoms with Crippen LogP contribution in [0.1, 0.15) is 56.6 Å². The van der Waals surface area contributed by atoms with Crippen LogP contribution in [0.3, 0.4) is 0 Å². The standard InChI is InChI=1S/C20H32N6O2/c1-16(27)24-10-12-25(13-11-24)19(28)15-23-8-5-6-17(14-23)20-22-21-18-7-3-2-4-9-26(18)20/h17H,2-15H2,1H3. The SMILES string of the molecule is CC(=O)N1CCN(C(=O)CN2CCCC(c3nnc4n3CCCCC4)C2)CC1. The zero-order valence-electron chi connectivity index (χ0n) is 17.0. The third-order valence-electron chi connectivity index (χ3n) is 6.45. The molecule has 2 saturated heterocycles. The van der Waals surface area contributed by atoms with E-state index >= 15 is 0 Å². The molecule has 8 heteroatoms. The number of carbonyl (C=O) groups excluding carboxylic acids is 2. The van der Waals surface area contributed by atoms with Crippen LogP contribution in [-0.2, 0) is 22.6 Å². The number of hydrogen-bond donors (Lipinski definition) is 0. The van der Waals surface area contributed by atoms with Gasteiger partial charge in [-0.05, 0) is 32.2 Å². The Morgan fingerprint density at radius 2 is 1.71 bits per heavy atom. The molecule has 0 radical (unpaired) electrons. The summed E-state index contributed by atoms with van der Waals surface area (Å²) in [6.45, 7) is 7.54. The second-order valence-electron chi connectivity index (χ2n) is 8.40. The number of fused-ring (bicyclic) bond motifs is 1. The van der Waals surface area contributed by atoms with Gasteiger partial charge in [-0.25, -0.2) is 0 Å². The minimum atomic E-state index is 0.0958. The molecule has 2 fully saturated rings. The smallest absolute Gasteiger partial charge is 0.236 e. The highest BCUT2D eigenvalue weighted by Crippen LogP contribution is 2.28. The van der Waals surface area contributed by atoms with Crippen LogP contribution < -0.4 is 0 Å². The Balaban J connectivity index is 1.34. The van der Waals surface area contributed by atoms with Gasteiger partial charge in [0.15, 0.2) is 0 Å². The first-order valence-corrected chi connectivity index (χ1v) is 10.8. The van der Waals surface area contributed by atoms with Gasteiger partial charge >= 0.3 is 0 Å². The Morgan fingerprint density at radius 1 is 0.929 bits per heavy atom. The van der Waals surface area contributed by atoms with Crippen molar-refractivity contribution < 1.29 is 9.59 Å². The molecule has 4 rings (SSSR count). The zero-order valence-corrected chi connectivity index (χ0v) is 17.0. The van der Waals surface area contributed by atoms with E-state index in [9.17, 15) is 9.59 Å². The lowest BCUT2D eigenvalue weighted by molar-refractivity contribution is -0.139. The van der Waals surface area contributed by atoms with Crippen molar-refractivity contribution in [2.75, 3.05) is 45.8 Å². The van der Waals surface area contributed by atoms with Crippen molar-refractivity contribution in [3.63, 3.8) is 0 Å². The minimum absolute atomic E-state index is 0.0958. The number of nitrogens with zero attached hydrogens (tertiary/aromatic N) is 6. The predicted molar refractivity (Wildman–Crippen MR) is 105 cm³/mol. The van der Waals surface area contributed by atoms with E-state index < -0.39 is 0 Å². The fourth-order valence-corrected chi connectivity index (χ4v) is 4.78. The third-order valence-corrected chi connectivity index (χ3v) is 6.45. The van der Waals surface area contributed by atoms with Gasteiger partial charge in [0.2, 0.25) is 11.8 Å². The molecule has 1 unspecified atom stereocenters. The van der Waals surface area contributed by atoms with Crippen LogP contribution in [0.25, 0.3) is 0 Å². The Labute approximate surface area is 166 Å². The van der Waals surface area contributed by atoms with Crippen LogP contribution in [0.4, 0.5) is 0 Å². The molecule has 8 nitrogen and oxygen atoms in total. The molecular formula is C20H32N6O2. The number of aromatic nitrogens is 3. The van der Waals surface area contributed by atoms with Crippen molar-refractivity contribution in [1.82, 2.24) is 29.5 Å². The van der Waals surface area contributed by atoms with E-state index in [1.165, 1.54) is 19.3 Å². The first kappa shape index (κ1) is 19.4. The van der Waals surface area contributed by atoms with Crippen molar-refractivity contribution in [3.05, 3.63) is 11.6 Å². The van der Waals surface area contributed by atoms with Crippen LogP contribution in [0, 0.1) is 0 Å². The largest absolute Gasteiger partial charge is 0.339 e. The molecule has 28 heavy (non-hydrogen) atoms. The predicted octanol–water partition coefficient (Wildman–Crippen LogP) is 0.875. The molecule has 0 bridgehead atoms. The van der Waals surface area contributed by atoms with Gasteiger partial charge in [-0.1, -0.05) is 6.42 Å². The fraction of sp³-hybridized carbons (Fsp3) is 0.800. The highest BCUT2D eigenvalue weighted by molar-refractivity contribution is 5.79. The number of likely N-dealkylation sites (tertiary alicyclic amines) is 1. The molecule has 3 aliphatic rings. The maximum Gasteiger partial charge on any atom is 0.236 e. The Bertz CT molecular complexity index is 710. The van der Waals surface area contributed by atoms with E-state index in [1.54, 1.807) is 6.92 Å². The van der Waals surface area contributed by atoms with Gasteiger partial charge in [0, 0.05) is 58.5 Å². The van der Waals surface area contributed by atoms with Crippen LogP contribution in [0.2, 0.25) is 0 Å². The lowest BCUT2D eigenvalue weighted by Crippen LogP contribution is -2.52. The number of carbonyl (C=O) groups is 2. The number of amides is 2. The molecule has 1 aromatic heterocycles. The summed E-state index contributed by atoms with van der Waals surface area (Å²) in [6.07, 6.45) is 6.94. The van der Waals surface area contributed by atoms with Crippen LogP contribution in [0.15, 0.2) is 0 Å². The van der Waals surface area contributed by atoms with Crippen LogP contribution in [0.5, 0.6) is 0 Å². The van der Waals surface area contributed by atoms with Crippen molar-refractivity contribution >= 4 is 11.8 Å². The monoisotopic (exact) mass is 388 g/mol. The Hall–Kier alpha value is -1.96. The van der Waals surface area contributed by atoms with Gasteiger partial charge in [0.1, 0.15) is 11.6 Å². The summed E-state index contributed by atoms with van der Waals surface area (Å²) in [6, 6.07) is 0. The summed E-state index contributed by atoms with van der Waals surface area (Å²) >= 11 is 0. The number of aryl methyl sites for hydroxylation is 1. The average Bonchev–Trinajstić information content (AvgIpc) is 2.96. The van der Waals surface area contributed by atoms with Gasteiger partial charge in [-0.2, -0.15) is 0 Å². The molecule has 1 aromatic rings. The quantitative estimate of drug-likeness (QED) is 0.768. The van der Waals surface area contributed by atoms with E-state index in [0.717, 1.165) is 50.5 Å². The maximum atomic E-state index is 12.8. The molecule has 0 spiro atoms. The summed E-state index contributed by atoms with van der Waals surface area (Å²) < 4.78 is 2.35. The van der Waals surface area contributed by atoms with Gasteiger partial charge < -0.3 is 14.4 Å². The molecule has 0 N–H and O–H groups in total. The van der Waals surface area contributed by atoms with Crippen LogP contribution in [-0.4, -0.2) is 87.1 Å². The summed E-state index contributed by atoms with van der Waals surface area (Å²) in [4.78, 5) is 30.2. The van der Waals surface area contributed by atoms with Crippen molar-refractivity contribution in [3.8, 4) is 0 Å². The number of piperidine rings is 1. The normalized spacial score (nSPS) is 24.0. The van der Waals surface area contributed by atoms with Crippen molar-refractivity contribution in [2.24, 2.45) is 0 Å². The number of hydrogen-bond acceptors (Lipinski definition) is 5.